The predicted molar refractivity (Wildman–Crippen MR) is 126 cm³/mol. The maximum absolute atomic E-state index is 12.5. The molecular formula is C26H21N3O3. The maximum atomic E-state index is 12.5. The van der Waals surface area contributed by atoms with Crippen LogP contribution >= 0.6 is 0 Å². The smallest absolute Gasteiger partial charge is 0.271 e. The van der Waals surface area contributed by atoms with Gasteiger partial charge in [0.1, 0.15) is 5.75 Å². The Balaban J connectivity index is 1.43. The van der Waals surface area contributed by atoms with Gasteiger partial charge in [0.2, 0.25) is 0 Å². The Hall–Kier alpha value is -4.45. The summed E-state index contributed by atoms with van der Waals surface area (Å²) < 4.78 is 5.43. The highest BCUT2D eigenvalue weighted by Crippen LogP contribution is 2.26. The second-order valence-corrected chi connectivity index (χ2v) is 7.00. The van der Waals surface area contributed by atoms with E-state index in [1.54, 1.807) is 61.9 Å². The van der Waals surface area contributed by atoms with Crippen molar-refractivity contribution in [3.8, 4) is 5.75 Å². The highest BCUT2D eigenvalue weighted by atomic mass is 16.5. The number of hydrazone groups is 1. The number of anilines is 1. The highest BCUT2D eigenvalue weighted by molar-refractivity contribution is 6.05. The van der Waals surface area contributed by atoms with Gasteiger partial charge in [-0.05, 0) is 53.2 Å². The Bertz CT molecular complexity index is 1280. The van der Waals surface area contributed by atoms with Crippen molar-refractivity contribution in [2.24, 2.45) is 5.10 Å². The van der Waals surface area contributed by atoms with Crippen molar-refractivity contribution in [2.75, 3.05) is 12.4 Å². The van der Waals surface area contributed by atoms with Gasteiger partial charge in [-0.15, -0.1) is 0 Å². The lowest BCUT2D eigenvalue weighted by Gasteiger charge is -2.08. The van der Waals surface area contributed by atoms with E-state index in [0.29, 0.717) is 22.6 Å². The van der Waals surface area contributed by atoms with Gasteiger partial charge in [0.05, 0.1) is 13.3 Å². The number of carbonyl (C=O) groups excluding carboxylic acids is 2. The molecule has 0 atom stereocenters. The topological polar surface area (TPSA) is 79.8 Å². The first-order chi connectivity index (χ1) is 15.7. The lowest BCUT2D eigenvalue weighted by Crippen LogP contribution is -2.18. The zero-order valence-electron chi connectivity index (χ0n) is 17.4. The Kier molecular flexibility index (Phi) is 6.22. The fraction of sp³-hybridized carbons (Fsp3) is 0.0385. The van der Waals surface area contributed by atoms with Gasteiger partial charge in [0, 0.05) is 22.4 Å². The van der Waals surface area contributed by atoms with Crippen LogP contribution in [0.1, 0.15) is 26.3 Å². The minimum atomic E-state index is -0.360. The van der Waals surface area contributed by atoms with Crippen molar-refractivity contribution in [2.45, 2.75) is 0 Å². The summed E-state index contributed by atoms with van der Waals surface area (Å²) >= 11 is 0. The van der Waals surface area contributed by atoms with E-state index in [4.69, 9.17) is 4.74 Å². The van der Waals surface area contributed by atoms with Gasteiger partial charge < -0.3 is 10.1 Å². The molecule has 0 spiro atoms. The molecule has 4 aromatic carbocycles. The number of fused-ring (bicyclic) bond motifs is 1. The lowest BCUT2D eigenvalue weighted by atomic mass is 10.0. The number of ether oxygens (including phenoxy) is 1. The predicted octanol–water partition coefficient (Wildman–Crippen LogP) is 4.86. The molecule has 32 heavy (non-hydrogen) atoms. The van der Waals surface area contributed by atoms with Gasteiger partial charge in [0.15, 0.2) is 0 Å². The molecule has 0 aliphatic rings. The van der Waals surface area contributed by atoms with Crippen molar-refractivity contribution >= 4 is 34.5 Å². The van der Waals surface area contributed by atoms with Crippen molar-refractivity contribution in [3.05, 3.63) is 108 Å². The number of rotatable bonds is 6. The van der Waals surface area contributed by atoms with E-state index in [2.05, 4.69) is 15.8 Å². The molecule has 6 heteroatoms. The molecule has 0 saturated carbocycles. The van der Waals surface area contributed by atoms with Crippen LogP contribution in [0.4, 0.5) is 5.69 Å². The minimum Gasteiger partial charge on any atom is -0.496 e. The molecule has 0 aliphatic carbocycles. The maximum Gasteiger partial charge on any atom is 0.271 e. The van der Waals surface area contributed by atoms with E-state index < -0.39 is 0 Å². The van der Waals surface area contributed by atoms with Gasteiger partial charge in [-0.2, -0.15) is 5.10 Å². The summed E-state index contributed by atoms with van der Waals surface area (Å²) in [6.45, 7) is 0. The van der Waals surface area contributed by atoms with E-state index in [1.165, 1.54) is 0 Å². The first-order valence-electron chi connectivity index (χ1n) is 10.0. The monoisotopic (exact) mass is 423 g/mol. The molecule has 158 valence electrons. The van der Waals surface area contributed by atoms with Gasteiger partial charge in [-0.25, -0.2) is 5.43 Å². The van der Waals surface area contributed by atoms with Gasteiger partial charge in [-0.3, -0.25) is 9.59 Å². The average Bonchev–Trinajstić information content (AvgIpc) is 2.85. The third kappa shape index (κ3) is 4.65. The highest BCUT2D eigenvalue weighted by Gasteiger charge is 2.09. The molecule has 0 heterocycles. The van der Waals surface area contributed by atoms with E-state index in [9.17, 15) is 9.59 Å². The van der Waals surface area contributed by atoms with Crippen LogP contribution in [0, 0.1) is 0 Å². The van der Waals surface area contributed by atoms with Crippen molar-refractivity contribution in [1.82, 2.24) is 5.43 Å². The van der Waals surface area contributed by atoms with Crippen LogP contribution in [-0.4, -0.2) is 25.1 Å². The fourth-order valence-electron chi connectivity index (χ4n) is 3.30. The van der Waals surface area contributed by atoms with Gasteiger partial charge in [-0.1, -0.05) is 48.5 Å². The zero-order valence-corrected chi connectivity index (χ0v) is 17.4. The second-order valence-electron chi connectivity index (χ2n) is 7.00. The molecule has 0 bridgehead atoms. The molecule has 2 amide bonds. The van der Waals surface area contributed by atoms with Crippen molar-refractivity contribution in [1.29, 1.82) is 0 Å². The van der Waals surface area contributed by atoms with Crippen molar-refractivity contribution in [3.63, 3.8) is 0 Å². The van der Waals surface area contributed by atoms with Crippen LogP contribution in [0.2, 0.25) is 0 Å². The van der Waals surface area contributed by atoms with Crippen LogP contribution < -0.4 is 15.5 Å². The summed E-state index contributed by atoms with van der Waals surface area (Å²) in [5.74, 6) is 0.0954. The summed E-state index contributed by atoms with van der Waals surface area (Å²) in [7, 11) is 1.60. The molecule has 0 aliphatic heterocycles. The van der Waals surface area contributed by atoms with E-state index >= 15 is 0 Å². The molecule has 4 rings (SSSR count). The molecule has 2 N–H and O–H groups in total. The summed E-state index contributed by atoms with van der Waals surface area (Å²) in [6.07, 6.45) is 1.58. The number of nitrogens with zero attached hydrogens (tertiary/aromatic N) is 1. The first-order valence-corrected chi connectivity index (χ1v) is 10.0. The standard InChI is InChI=1S/C26H21N3O3/c1-32-24-16-13-18-7-5-6-10-22(18)23(24)17-27-29-26(31)20-11-14-21(15-12-20)28-25(30)19-8-3-2-4-9-19/h2-17H,1H3,(H,28,30)(H,29,31)/b27-17-. The van der Waals surface area contributed by atoms with Gasteiger partial charge >= 0.3 is 0 Å². The molecule has 0 unspecified atom stereocenters. The average molecular weight is 423 g/mol. The number of carbonyl (C=O) groups is 2. The molecular weight excluding hydrogens is 402 g/mol. The third-order valence-corrected chi connectivity index (χ3v) is 4.95. The Morgan fingerprint density at radius 1 is 0.781 bits per heavy atom. The second kappa shape index (κ2) is 9.57. The summed E-state index contributed by atoms with van der Waals surface area (Å²) in [4.78, 5) is 24.7. The Morgan fingerprint density at radius 3 is 2.22 bits per heavy atom. The zero-order chi connectivity index (χ0) is 22.3. The van der Waals surface area contributed by atoms with Crippen LogP contribution in [0.5, 0.6) is 5.75 Å². The summed E-state index contributed by atoms with van der Waals surface area (Å²) in [5.41, 5.74) is 4.90. The number of nitrogens with one attached hydrogen (secondary N) is 2. The Morgan fingerprint density at radius 2 is 1.47 bits per heavy atom. The number of benzene rings is 4. The molecule has 4 aromatic rings. The summed E-state index contributed by atoms with van der Waals surface area (Å²) in [5, 5.41) is 8.94. The molecule has 0 saturated heterocycles. The van der Waals surface area contributed by atoms with Crippen LogP contribution in [0.3, 0.4) is 0 Å². The van der Waals surface area contributed by atoms with E-state index in [-0.39, 0.29) is 11.8 Å². The minimum absolute atomic E-state index is 0.212. The third-order valence-electron chi connectivity index (χ3n) is 4.95. The Labute approximate surface area is 185 Å². The lowest BCUT2D eigenvalue weighted by molar-refractivity contribution is 0.0954. The number of amides is 2. The number of hydrogen-bond donors (Lipinski definition) is 2. The molecule has 0 fully saturated rings. The normalized spacial score (nSPS) is 10.8. The largest absolute Gasteiger partial charge is 0.496 e. The number of methoxy groups -OCH3 is 1. The van der Waals surface area contributed by atoms with E-state index in [1.807, 2.05) is 42.5 Å². The van der Waals surface area contributed by atoms with Gasteiger partial charge in [0.25, 0.3) is 11.8 Å². The quantitative estimate of drug-likeness (QED) is 0.343. The van der Waals surface area contributed by atoms with Crippen LogP contribution in [0.25, 0.3) is 10.8 Å². The fourth-order valence-corrected chi connectivity index (χ4v) is 3.30. The molecule has 0 aromatic heterocycles. The molecule has 0 radical (unpaired) electrons. The van der Waals surface area contributed by atoms with Crippen LogP contribution in [-0.2, 0) is 0 Å². The first kappa shape index (κ1) is 20.8. The van der Waals surface area contributed by atoms with Crippen molar-refractivity contribution < 1.29 is 14.3 Å². The molecule has 6 nitrogen and oxygen atoms in total. The summed E-state index contributed by atoms with van der Waals surface area (Å²) in [6, 6.07) is 27.3. The van der Waals surface area contributed by atoms with Crippen LogP contribution in [0.15, 0.2) is 96.1 Å². The van der Waals surface area contributed by atoms with E-state index in [0.717, 1.165) is 16.3 Å². The number of hydrogen-bond acceptors (Lipinski definition) is 4. The SMILES string of the molecule is COc1ccc2ccccc2c1/C=N\NC(=O)c1ccc(NC(=O)c2ccccc2)cc1.